The molecule has 0 atom stereocenters. The first-order valence-electron chi connectivity index (χ1n) is 6.06. The Bertz CT molecular complexity index is 596. The van der Waals surface area contributed by atoms with Gasteiger partial charge in [-0.2, -0.15) is 5.10 Å². The molecule has 0 bridgehead atoms. The van der Waals surface area contributed by atoms with Crippen molar-refractivity contribution in [3.63, 3.8) is 0 Å². The van der Waals surface area contributed by atoms with E-state index >= 15 is 0 Å². The second-order valence-electron chi connectivity index (χ2n) is 4.34. The van der Waals surface area contributed by atoms with Crippen molar-refractivity contribution < 1.29 is 4.79 Å². The predicted octanol–water partition coefficient (Wildman–Crippen LogP) is 2.43. The van der Waals surface area contributed by atoms with Crippen LogP contribution in [0.25, 0.3) is 6.08 Å². The molecule has 5 heteroatoms. The van der Waals surface area contributed by atoms with Crippen molar-refractivity contribution in [2.24, 2.45) is 7.05 Å². The molecule has 0 aliphatic heterocycles. The standard InChI is InChI=1S/C14H17N3OS/c1-10-13(11(2)17(3)16-10)6-7-14(18)15-9-12-5-4-8-19-12/h4-8H,9H2,1-3H3,(H,15,18). The monoisotopic (exact) mass is 275 g/mol. The van der Waals surface area contributed by atoms with Crippen molar-refractivity contribution in [1.82, 2.24) is 15.1 Å². The van der Waals surface area contributed by atoms with Crippen LogP contribution in [0.4, 0.5) is 0 Å². The molecular formula is C14H17N3OS. The van der Waals surface area contributed by atoms with E-state index in [4.69, 9.17) is 0 Å². The van der Waals surface area contributed by atoms with Gasteiger partial charge in [-0.15, -0.1) is 11.3 Å². The number of rotatable bonds is 4. The molecule has 0 aromatic carbocycles. The Labute approximate surface area is 116 Å². The van der Waals surface area contributed by atoms with Crippen LogP contribution < -0.4 is 5.32 Å². The topological polar surface area (TPSA) is 46.9 Å². The molecule has 100 valence electrons. The van der Waals surface area contributed by atoms with Crippen molar-refractivity contribution >= 4 is 23.3 Å². The molecule has 1 amide bonds. The molecule has 19 heavy (non-hydrogen) atoms. The minimum Gasteiger partial charge on any atom is -0.348 e. The molecular weight excluding hydrogens is 258 g/mol. The van der Waals surface area contributed by atoms with Gasteiger partial charge in [-0.1, -0.05) is 6.07 Å². The molecule has 0 aliphatic carbocycles. The molecule has 0 saturated carbocycles. The third kappa shape index (κ3) is 3.32. The Morgan fingerprint density at radius 1 is 1.53 bits per heavy atom. The first-order chi connectivity index (χ1) is 9.08. The highest BCUT2D eigenvalue weighted by Crippen LogP contribution is 2.13. The summed E-state index contributed by atoms with van der Waals surface area (Å²) >= 11 is 1.64. The second-order valence-corrected chi connectivity index (χ2v) is 5.37. The Hall–Kier alpha value is -1.88. The van der Waals surface area contributed by atoms with Crippen molar-refractivity contribution in [1.29, 1.82) is 0 Å². The van der Waals surface area contributed by atoms with Gasteiger partial charge in [-0.05, 0) is 31.4 Å². The van der Waals surface area contributed by atoms with Gasteiger partial charge in [0, 0.05) is 29.3 Å². The third-order valence-corrected chi connectivity index (χ3v) is 3.86. The number of amides is 1. The summed E-state index contributed by atoms with van der Waals surface area (Å²) in [5, 5.41) is 9.17. The van der Waals surface area contributed by atoms with E-state index in [1.165, 1.54) is 0 Å². The summed E-state index contributed by atoms with van der Waals surface area (Å²) in [5.41, 5.74) is 3.00. The second kappa shape index (κ2) is 5.84. The molecule has 0 radical (unpaired) electrons. The van der Waals surface area contributed by atoms with Crippen LogP contribution in [0.2, 0.25) is 0 Å². The lowest BCUT2D eigenvalue weighted by atomic mass is 10.2. The number of nitrogens with zero attached hydrogens (tertiary/aromatic N) is 2. The smallest absolute Gasteiger partial charge is 0.244 e. The zero-order valence-electron chi connectivity index (χ0n) is 11.3. The number of carbonyl (C=O) groups is 1. The van der Waals surface area contributed by atoms with Gasteiger partial charge in [0.15, 0.2) is 0 Å². The van der Waals surface area contributed by atoms with E-state index in [0.717, 1.165) is 21.8 Å². The van der Waals surface area contributed by atoms with Crippen LogP contribution in [0.1, 0.15) is 21.8 Å². The van der Waals surface area contributed by atoms with E-state index in [-0.39, 0.29) is 5.91 Å². The minimum atomic E-state index is -0.0870. The first kappa shape index (κ1) is 13.5. The summed E-state index contributed by atoms with van der Waals surface area (Å²) in [4.78, 5) is 12.9. The molecule has 2 aromatic rings. The number of carbonyl (C=O) groups excluding carboxylic acids is 1. The Balaban J connectivity index is 1.96. The molecule has 0 fully saturated rings. The fourth-order valence-corrected chi connectivity index (χ4v) is 2.48. The zero-order valence-corrected chi connectivity index (χ0v) is 12.1. The molecule has 2 rings (SSSR count). The lowest BCUT2D eigenvalue weighted by Crippen LogP contribution is -2.19. The number of nitrogens with one attached hydrogen (secondary N) is 1. The van der Waals surface area contributed by atoms with Crippen LogP contribution in [-0.4, -0.2) is 15.7 Å². The molecule has 2 heterocycles. The summed E-state index contributed by atoms with van der Waals surface area (Å²) in [7, 11) is 1.90. The fourth-order valence-electron chi connectivity index (χ4n) is 1.84. The van der Waals surface area contributed by atoms with Gasteiger partial charge in [0.2, 0.25) is 5.91 Å². The highest BCUT2D eigenvalue weighted by atomic mass is 32.1. The average molecular weight is 275 g/mol. The zero-order chi connectivity index (χ0) is 13.8. The number of aryl methyl sites for hydroxylation is 2. The van der Waals surface area contributed by atoms with Gasteiger partial charge in [0.25, 0.3) is 0 Å². The van der Waals surface area contributed by atoms with Crippen LogP contribution >= 0.6 is 11.3 Å². The molecule has 0 unspecified atom stereocenters. The third-order valence-electron chi connectivity index (χ3n) is 2.98. The van der Waals surface area contributed by atoms with E-state index in [0.29, 0.717) is 6.54 Å². The summed E-state index contributed by atoms with van der Waals surface area (Å²) in [6, 6.07) is 3.98. The average Bonchev–Trinajstić information content (AvgIpc) is 2.96. The van der Waals surface area contributed by atoms with Crippen molar-refractivity contribution in [2.75, 3.05) is 0 Å². The predicted molar refractivity (Wildman–Crippen MR) is 77.9 cm³/mol. The largest absolute Gasteiger partial charge is 0.348 e. The molecule has 2 aromatic heterocycles. The van der Waals surface area contributed by atoms with Gasteiger partial charge < -0.3 is 5.32 Å². The quantitative estimate of drug-likeness (QED) is 0.871. The molecule has 0 aliphatic rings. The van der Waals surface area contributed by atoms with Crippen LogP contribution in [0.15, 0.2) is 23.6 Å². The van der Waals surface area contributed by atoms with E-state index in [9.17, 15) is 4.79 Å². The maximum Gasteiger partial charge on any atom is 0.244 e. The molecule has 0 saturated heterocycles. The van der Waals surface area contributed by atoms with Gasteiger partial charge in [0.1, 0.15) is 0 Å². The van der Waals surface area contributed by atoms with Crippen LogP contribution in [-0.2, 0) is 18.4 Å². The Morgan fingerprint density at radius 3 is 2.89 bits per heavy atom. The Morgan fingerprint density at radius 2 is 2.32 bits per heavy atom. The van der Waals surface area contributed by atoms with E-state index in [2.05, 4.69) is 10.4 Å². The summed E-state index contributed by atoms with van der Waals surface area (Å²) < 4.78 is 1.82. The number of thiophene rings is 1. The summed E-state index contributed by atoms with van der Waals surface area (Å²) in [6.07, 6.45) is 3.38. The maximum absolute atomic E-state index is 11.7. The van der Waals surface area contributed by atoms with Crippen LogP contribution in [0, 0.1) is 13.8 Å². The van der Waals surface area contributed by atoms with E-state index in [1.807, 2.05) is 49.2 Å². The van der Waals surface area contributed by atoms with Crippen molar-refractivity contribution in [3.05, 3.63) is 45.4 Å². The minimum absolute atomic E-state index is 0.0870. The lowest BCUT2D eigenvalue weighted by molar-refractivity contribution is -0.116. The number of aromatic nitrogens is 2. The highest BCUT2D eigenvalue weighted by molar-refractivity contribution is 7.09. The summed E-state index contributed by atoms with van der Waals surface area (Å²) in [6.45, 7) is 4.51. The number of hydrogen-bond acceptors (Lipinski definition) is 3. The van der Waals surface area contributed by atoms with Gasteiger partial charge in [-0.25, -0.2) is 0 Å². The fraction of sp³-hybridized carbons (Fsp3) is 0.286. The normalized spacial score (nSPS) is 11.1. The van der Waals surface area contributed by atoms with Gasteiger partial charge >= 0.3 is 0 Å². The molecule has 4 nitrogen and oxygen atoms in total. The van der Waals surface area contributed by atoms with Crippen molar-refractivity contribution in [2.45, 2.75) is 20.4 Å². The molecule has 0 spiro atoms. The Kier molecular flexibility index (Phi) is 4.16. The van der Waals surface area contributed by atoms with Gasteiger partial charge in [-0.3, -0.25) is 9.48 Å². The maximum atomic E-state index is 11.7. The lowest BCUT2D eigenvalue weighted by Gasteiger charge is -1.99. The molecule has 1 N–H and O–H groups in total. The number of hydrogen-bond donors (Lipinski definition) is 1. The van der Waals surface area contributed by atoms with E-state index < -0.39 is 0 Å². The van der Waals surface area contributed by atoms with Crippen LogP contribution in [0.5, 0.6) is 0 Å². The highest BCUT2D eigenvalue weighted by Gasteiger charge is 2.06. The first-order valence-corrected chi connectivity index (χ1v) is 6.94. The SMILES string of the molecule is Cc1nn(C)c(C)c1C=CC(=O)NCc1cccs1. The van der Waals surface area contributed by atoms with Gasteiger partial charge in [0.05, 0.1) is 12.2 Å². The summed E-state index contributed by atoms with van der Waals surface area (Å²) in [5.74, 6) is -0.0870. The van der Waals surface area contributed by atoms with E-state index in [1.54, 1.807) is 17.4 Å². The van der Waals surface area contributed by atoms with Crippen molar-refractivity contribution in [3.8, 4) is 0 Å². The van der Waals surface area contributed by atoms with Crippen LogP contribution in [0.3, 0.4) is 0 Å².